The van der Waals surface area contributed by atoms with Crippen molar-refractivity contribution in [1.29, 1.82) is 0 Å². The molecular formula is C60H40N2. The standard InChI is InChI=1S/C60H40N2/c1-4-15-41(16-5-1)44-21-12-22-45(35-44)50-29-32-54-56-39-49(31-34-59(56)62(60(54)40-50)52-26-14-24-47(37-52)43-19-8-3-9-20-43)48-30-33-58-55(38-48)53-27-10-11-28-57(53)61(58)51-25-13-23-46(36-51)42-17-6-2-7-18-42/h1-40H. The molecule has 62 heavy (non-hydrogen) atoms. The lowest BCUT2D eigenvalue weighted by Crippen LogP contribution is -1.95. The van der Waals surface area contributed by atoms with E-state index in [2.05, 4.69) is 252 Å². The fourth-order valence-electron chi connectivity index (χ4n) is 9.51. The molecule has 290 valence electrons. The molecule has 0 bridgehead atoms. The van der Waals surface area contributed by atoms with E-state index in [-0.39, 0.29) is 0 Å². The van der Waals surface area contributed by atoms with Gasteiger partial charge in [-0.25, -0.2) is 0 Å². The summed E-state index contributed by atoms with van der Waals surface area (Å²) in [4.78, 5) is 0. The highest BCUT2D eigenvalue weighted by Crippen LogP contribution is 2.40. The van der Waals surface area contributed by atoms with Gasteiger partial charge < -0.3 is 9.13 Å². The number of nitrogens with zero attached hydrogens (tertiary/aromatic N) is 2. The van der Waals surface area contributed by atoms with E-state index in [0.717, 1.165) is 11.4 Å². The van der Waals surface area contributed by atoms with Crippen LogP contribution in [0.3, 0.4) is 0 Å². The van der Waals surface area contributed by atoms with Crippen molar-refractivity contribution < 1.29 is 0 Å². The topological polar surface area (TPSA) is 9.86 Å². The number of para-hydroxylation sites is 1. The van der Waals surface area contributed by atoms with Gasteiger partial charge >= 0.3 is 0 Å². The zero-order valence-corrected chi connectivity index (χ0v) is 34.0. The first-order chi connectivity index (χ1) is 30.7. The van der Waals surface area contributed by atoms with E-state index in [0.29, 0.717) is 0 Å². The number of fused-ring (bicyclic) bond motifs is 6. The fourth-order valence-corrected chi connectivity index (χ4v) is 9.51. The van der Waals surface area contributed by atoms with Crippen LogP contribution in [0.4, 0.5) is 0 Å². The van der Waals surface area contributed by atoms with E-state index in [1.54, 1.807) is 0 Å². The second-order valence-corrected chi connectivity index (χ2v) is 16.2. The van der Waals surface area contributed by atoms with Crippen molar-refractivity contribution in [3.63, 3.8) is 0 Å². The van der Waals surface area contributed by atoms with E-state index < -0.39 is 0 Å². The summed E-state index contributed by atoms with van der Waals surface area (Å²) >= 11 is 0. The minimum Gasteiger partial charge on any atom is -0.309 e. The molecule has 2 heterocycles. The predicted octanol–water partition coefficient (Wildman–Crippen LogP) is 16.2. The minimum absolute atomic E-state index is 1.14. The van der Waals surface area contributed by atoms with Crippen molar-refractivity contribution in [3.05, 3.63) is 243 Å². The van der Waals surface area contributed by atoms with E-state index in [1.807, 2.05) is 0 Å². The maximum absolute atomic E-state index is 2.45. The van der Waals surface area contributed by atoms with Crippen molar-refractivity contribution in [2.75, 3.05) is 0 Å². The summed E-state index contributed by atoms with van der Waals surface area (Å²) in [5, 5.41) is 4.94. The van der Waals surface area contributed by atoms with Crippen LogP contribution in [0.25, 0.3) is 111 Å². The predicted molar refractivity (Wildman–Crippen MR) is 262 cm³/mol. The largest absolute Gasteiger partial charge is 0.309 e. The molecule has 0 saturated heterocycles. The Hall–Kier alpha value is -8.20. The Morgan fingerprint density at radius 3 is 1.08 bits per heavy atom. The molecule has 0 amide bonds. The molecule has 0 fully saturated rings. The van der Waals surface area contributed by atoms with Crippen LogP contribution >= 0.6 is 0 Å². The van der Waals surface area contributed by atoms with Gasteiger partial charge in [-0.2, -0.15) is 0 Å². The number of aromatic nitrogens is 2. The highest BCUT2D eigenvalue weighted by atomic mass is 15.0. The first-order valence-electron chi connectivity index (χ1n) is 21.3. The first kappa shape index (κ1) is 35.7. The molecule has 0 saturated carbocycles. The smallest absolute Gasteiger partial charge is 0.0547 e. The third kappa shape index (κ3) is 6.12. The Labute approximate surface area is 360 Å². The third-order valence-corrected chi connectivity index (χ3v) is 12.5. The lowest BCUT2D eigenvalue weighted by atomic mass is 9.97. The molecule has 0 radical (unpaired) electrons. The molecular weight excluding hydrogens is 749 g/mol. The van der Waals surface area contributed by atoms with Crippen LogP contribution in [0.5, 0.6) is 0 Å². The van der Waals surface area contributed by atoms with Gasteiger partial charge in [0.1, 0.15) is 0 Å². The molecule has 12 rings (SSSR count). The maximum atomic E-state index is 2.45. The van der Waals surface area contributed by atoms with Crippen molar-refractivity contribution in [3.8, 4) is 67.0 Å². The van der Waals surface area contributed by atoms with Crippen molar-refractivity contribution in [2.24, 2.45) is 0 Å². The van der Waals surface area contributed by atoms with Crippen LogP contribution in [0.15, 0.2) is 243 Å². The average molecular weight is 789 g/mol. The Balaban J connectivity index is 1.02. The van der Waals surface area contributed by atoms with E-state index in [1.165, 1.54) is 99.2 Å². The van der Waals surface area contributed by atoms with Crippen LogP contribution in [-0.4, -0.2) is 9.13 Å². The fraction of sp³-hybridized carbons (Fsp3) is 0. The van der Waals surface area contributed by atoms with Crippen LogP contribution < -0.4 is 0 Å². The summed E-state index contributed by atoms with van der Waals surface area (Å²) in [6, 6.07) is 88.5. The summed E-state index contributed by atoms with van der Waals surface area (Å²) in [6.45, 7) is 0. The molecule has 0 aliphatic heterocycles. The summed E-state index contributed by atoms with van der Waals surface area (Å²) in [6.07, 6.45) is 0. The summed E-state index contributed by atoms with van der Waals surface area (Å²) < 4.78 is 4.86. The second kappa shape index (κ2) is 14.8. The van der Waals surface area contributed by atoms with Gasteiger partial charge in [0.05, 0.1) is 22.1 Å². The maximum Gasteiger partial charge on any atom is 0.0547 e. The molecule has 2 aromatic heterocycles. The van der Waals surface area contributed by atoms with Gasteiger partial charge in [-0.3, -0.25) is 0 Å². The first-order valence-corrected chi connectivity index (χ1v) is 21.3. The summed E-state index contributed by atoms with van der Waals surface area (Å²) in [5.74, 6) is 0. The molecule has 0 spiro atoms. The zero-order chi connectivity index (χ0) is 41.0. The van der Waals surface area contributed by atoms with Crippen molar-refractivity contribution >= 4 is 43.6 Å². The van der Waals surface area contributed by atoms with Crippen molar-refractivity contribution in [2.45, 2.75) is 0 Å². The highest BCUT2D eigenvalue weighted by Gasteiger charge is 2.18. The van der Waals surface area contributed by atoms with Crippen LogP contribution in [0.2, 0.25) is 0 Å². The van der Waals surface area contributed by atoms with Crippen LogP contribution in [0.1, 0.15) is 0 Å². The van der Waals surface area contributed by atoms with Gasteiger partial charge in [0, 0.05) is 32.9 Å². The van der Waals surface area contributed by atoms with Crippen molar-refractivity contribution in [1.82, 2.24) is 9.13 Å². The van der Waals surface area contributed by atoms with E-state index in [9.17, 15) is 0 Å². The number of hydrogen-bond donors (Lipinski definition) is 0. The van der Waals surface area contributed by atoms with Gasteiger partial charge in [-0.15, -0.1) is 0 Å². The quantitative estimate of drug-likeness (QED) is 0.152. The summed E-state index contributed by atoms with van der Waals surface area (Å²) in [5.41, 5.74) is 19.1. The van der Waals surface area contributed by atoms with E-state index >= 15 is 0 Å². The number of benzene rings is 10. The SMILES string of the molecule is c1ccc(-c2cccc(-c3ccc4c5cc(-c6ccc7c(c6)c6ccccc6n7-c6cccc(-c7ccccc7)c6)ccc5n(-c5cccc(-c6ccccc6)c5)c4c3)c2)cc1. The van der Waals surface area contributed by atoms with Crippen LogP contribution in [-0.2, 0) is 0 Å². The van der Waals surface area contributed by atoms with E-state index in [4.69, 9.17) is 0 Å². The number of hydrogen-bond acceptors (Lipinski definition) is 0. The van der Waals surface area contributed by atoms with Gasteiger partial charge in [0.15, 0.2) is 0 Å². The molecule has 0 N–H and O–H groups in total. The molecule has 0 unspecified atom stereocenters. The monoisotopic (exact) mass is 788 g/mol. The molecule has 0 aliphatic carbocycles. The highest BCUT2D eigenvalue weighted by molar-refractivity contribution is 6.13. The molecule has 0 aliphatic rings. The molecule has 10 aromatic carbocycles. The lowest BCUT2D eigenvalue weighted by molar-refractivity contribution is 1.18. The minimum atomic E-state index is 1.14. The Morgan fingerprint density at radius 1 is 0.177 bits per heavy atom. The Kier molecular flexibility index (Phi) is 8.53. The number of rotatable bonds is 7. The zero-order valence-electron chi connectivity index (χ0n) is 34.0. The van der Waals surface area contributed by atoms with Gasteiger partial charge in [0.2, 0.25) is 0 Å². The van der Waals surface area contributed by atoms with Crippen LogP contribution in [0, 0.1) is 0 Å². The van der Waals surface area contributed by atoms with Gasteiger partial charge in [0.25, 0.3) is 0 Å². The lowest BCUT2D eigenvalue weighted by Gasteiger charge is -2.12. The molecule has 12 aromatic rings. The normalized spacial score (nSPS) is 11.5. The van der Waals surface area contributed by atoms with Gasteiger partial charge in [-0.05, 0) is 122 Å². The summed E-state index contributed by atoms with van der Waals surface area (Å²) in [7, 11) is 0. The second-order valence-electron chi connectivity index (χ2n) is 16.2. The molecule has 2 heteroatoms. The van der Waals surface area contributed by atoms with Gasteiger partial charge in [-0.1, -0.05) is 176 Å². The third-order valence-electron chi connectivity index (χ3n) is 12.5. The Morgan fingerprint density at radius 2 is 0.532 bits per heavy atom. The average Bonchev–Trinajstić information content (AvgIpc) is 3.87. The molecule has 0 atom stereocenters. The Bertz CT molecular complexity index is 3610. The molecule has 2 nitrogen and oxygen atoms in total.